The van der Waals surface area contributed by atoms with Gasteiger partial charge < -0.3 is 25.6 Å². The fourth-order valence-electron chi connectivity index (χ4n) is 3.03. The van der Waals surface area contributed by atoms with Crippen LogP contribution in [0.3, 0.4) is 0 Å². The molecule has 4 rings (SSSR count). The summed E-state index contributed by atoms with van der Waals surface area (Å²) in [5.74, 6) is -0.156. The molecule has 0 aliphatic heterocycles. The summed E-state index contributed by atoms with van der Waals surface area (Å²) in [4.78, 5) is 12.2. The minimum absolute atomic E-state index is 0.221. The van der Waals surface area contributed by atoms with Gasteiger partial charge in [0.2, 0.25) is 5.88 Å². The number of halogens is 3. The number of aromatic nitrogens is 1. The minimum atomic E-state index is -4.77. The molecule has 0 aliphatic rings. The van der Waals surface area contributed by atoms with Gasteiger partial charge in [-0.25, -0.2) is 4.79 Å². The molecule has 0 unspecified atom stereocenters. The molecule has 0 saturated heterocycles. The zero-order chi connectivity index (χ0) is 22.0. The molecular formula is C21H15F3N4O3. The van der Waals surface area contributed by atoms with E-state index in [1.807, 2.05) is 12.1 Å². The second-order valence-electron chi connectivity index (χ2n) is 6.48. The molecule has 0 saturated carbocycles. The highest BCUT2D eigenvalue weighted by Crippen LogP contribution is 2.33. The molecule has 0 fully saturated rings. The first kappa shape index (κ1) is 20.1. The number of fused-ring (bicyclic) bond motifs is 1. The van der Waals surface area contributed by atoms with E-state index in [-0.39, 0.29) is 11.6 Å². The van der Waals surface area contributed by atoms with Gasteiger partial charge in [0, 0.05) is 11.4 Å². The Kier molecular flexibility index (Phi) is 5.12. The summed E-state index contributed by atoms with van der Waals surface area (Å²) in [6.07, 6.45) is -4.77. The van der Waals surface area contributed by atoms with Gasteiger partial charge in [0.25, 0.3) is 0 Å². The second-order valence-corrected chi connectivity index (χ2v) is 6.48. The zero-order valence-electron chi connectivity index (χ0n) is 15.7. The highest BCUT2D eigenvalue weighted by Gasteiger charge is 2.30. The number of nitrogens with two attached hydrogens (primary N) is 1. The third-order valence-electron chi connectivity index (χ3n) is 4.33. The molecule has 4 N–H and O–H groups in total. The first-order valence-electron chi connectivity index (χ1n) is 8.97. The molecule has 0 radical (unpaired) electrons. The first-order chi connectivity index (χ1) is 14.8. The molecule has 158 valence electrons. The van der Waals surface area contributed by atoms with Gasteiger partial charge in [-0.1, -0.05) is 29.4 Å². The van der Waals surface area contributed by atoms with Crippen molar-refractivity contribution in [3.05, 3.63) is 66.7 Å². The molecule has 0 aliphatic carbocycles. The quantitative estimate of drug-likeness (QED) is 0.392. The average Bonchev–Trinajstić information content (AvgIpc) is 3.10. The standard InChI is InChI=1S/C21H15F3N4O3/c22-21(23,24)30-15-10-8-14(9-11-15)27-20(29)26-13-6-4-12(5-7-13)16-2-1-3-17-18(16)19(25)31-28-17/h1-11H,25H2,(H2,26,27,29). The molecule has 0 spiro atoms. The van der Waals surface area contributed by atoms with Crippen LogP contribution in [0.5, 0.6) is 5.75 Å². The lowest BCUT2D eigenvalue weighted by Gasteiger charge is -2.11. The van der Waals surface area contributed by atoms with Crippen molar-refractivity contribution in [2.24, 2.45) is 0 Å². The maximum atomic E-state index is 12.2. The van der Waals surface area contributed by atoms with E-state index < -0.39 is 12.4 Å². The van der Waals surface area contributed by atoms with Crippen LogP contribution in [-0.2, 0) is 0 Å². The number of carbonyl (C=O) groups is 1. The van der Waals surface area contributed by atoms with Crippen molar-refractivity contribution in [2.45, 2.75) is 6.36 Å². The lowest BCUT2D eigenvalue weighted by molar-refractivity contribution is -0.274. The van der Waals surface area contributed by atoms with Crippen LogP contribution in [0.4, 0.5) is 35.2 Å². The van der Waals surface area contributed by atoms with Crippen molar-refractivity contribution >= 4 is 34.2 Å². The van der Waals surface area contributed by atoms with E-state index >= 15 is 0 Å². The molecule has 7 nitrogen and oxygen atoms in total. The number of hydrogen-bond acceptors (Lipinski definition) is 5. The SMILES string of the molecule is Nc1onc2cccc(-c3ccc(NC(=O)Nc4ccc(OC(F)(F)F)cc4)cc3)c12. The van der Waals surface area contributed by atoms with Crippen molar-refractivity contribution in [2.75, 3.05) is 16.4 Å². The predicted molar refractivity (Wildman–Crippen MR) is 110 cm³/mol. The van der Waals surface area contributed by atoms with Crippen LogP contribution in [0.2, 0.25) is 0 Å². The van der Waals surface area contributed by atoms with E-state index in [2.05, 4.69) is 20.5 Å². The summed E-state index contributed by atoms with van der Waals surface area (Å²) in [6, 6.07) is 16.8. The summed E-state index contributed by atoms with van der Waals surface area (Å²) in [5, 5.41) is 9.78. The van der Waals surface area contributed by atoms with E-state index in [0.717, 1.165) is 23.3 Å². The number of urea groups is 1. The normalized spacial score (nSPS) is 11.3. The lowest BCUT2D eigenvalue weighted by atomic mass is 10.0. The monoisotopic (exact) mass is 428 g/mol. The Morgan fingerprint density at radius 1 is 0.935 bits per heavy atom. The third kappa shape index (κ3) is 4.69. The maximum absolute atomic E-state index is 12.2. The number of nitrogens with one attached hydrogen (secondary N) is 2. The number of hydrogen-bond donors (Lipinski definition) is 3. The van der Waals surface area contributed by atoms with Crippen molar-refractivity contribution < 1.29 is 27.2 Å². The second kappa shape index (κ2) is 7.90. The van der Waals surface area contributed by atoms with Crippen molar-refractivity contribution in [1.82, 2.24) is 5.16 Å². The summed E-state index contributed by atoms with van der Waals surface area (Å²) in [5.41, 5.74) is 9.02. The Hall–Kier alpha value is -4.21. The number of ether oxygens (including phenoxy) is 1. The number of nitrogens with zero attached hydrogens (tertiary/aromatic N) is 1. The van der Waals surface area contributed by atoms with Gasteiger partial charge in [0.15, 0.2) is 0 Å². The Labute approximate surface area is 173 Å². The van der Waals surface area contributed by atoms with E-state index in [9.17, 15) is 18.0 Å². The van der Waals surface area contributed by atoms with E-state index in [0.29, 0.717) is 22.3 Å². The largest absolute Gasteiger partial charge is 0.573 e. The number of alkyl halides is 3. The average molecular weight is 428 g/mol. The zero-order valence-corrected chi connectivity index (χ0v) is 15.7. The highest BCUT2D eigenvalue weighted by molar-refractivity contribution is 6.02. The molecule has 3 aromatic carbocycles. The number of amides is 2. The van der Waals surface area contributed by atoms with Gasteiger partial charge in [-0.2, -0.15) is 0 Å². The Balaban J connectivity index is 1.42. The molecule has 0 bridgehead atoms. The molecule has 1 aromatic heterocycles. The van der Waals surface area contributed by atoms with E-state index in [4.69, 9.17) is 10.3 Å². The minimum Gasteiger partial charge on any atom is -0.406 e. The van der Waals surface area contributed by atoms with Crippen LogP contribution in [0, 0.1) is 0 Å². The lowest BCUT2D eigenvalue weighted by Crippen LogP contribution is -2.19. The first-order valence-corrected chi connectivity index (χ1v) is 8.97. The van der Waals surface area contributed by atoms with Crippen LogP contribution in [-0.4, -0.2) is 17.6 Å². The summed E-state index contributed by atoms with van der Waals surface area (Å²) >= 11 is 0. The topological polar surface area (TPSA) is 102 Å². The number of anilines is 3. The van der Waals surface area contributed by atoms with E-state index in [1.54, 1.807) is 30.3 Å². The van der Waals surface area contributed by atoms with Gasteiger partial charge in [0.05, 0.1) is 5.39 Å². The smallest absolute Gasteiger partial charge is 0.406 e. The van der Waals surface area contributed by atoms with Crippen LogP contribution < -0.4 is 21.1 Å². The molecule has 10 heteroatoms. The molecule has 2 amide bonds. The third-order valence-corrected chi connectivity index (χ3v) is 4.33. The fourth-order valence-corrected chi connectivity index (χ4v) is 3.03. The fraction of sp³-hybridized carbons (Fsp3) is 0.0476. The molecule has 31 heavy (non-hydrogen) atoms. The van der Waals surface area contributed by atoms with Gasteiger partial charge in [-0.3, -0.25) is 0 Å². The highest BCUT2D eigenvalue weighted by atomic mass is 19.4. The Morgan fingerprint density at radius 3 is 2.16 bits per heavy atom. The van der Waals surface area contributed by atoms with Crippen molar-refractivity contribution in [3.8, 4) is 16.9 Å². The summed E-state index contributed by atoms with van der Waals surface area (Å²) < 4.78 is 45.4. The molecule has 0 atom stereocenters. The number of benzene rings is 3. The summed E-state index contributed by atoms with van der Waals surface area (Å²) in [6.45, 7) is 0. The van der Waals surface area contributed by atoms with Gasteiger partial charge in [0.1, 0.15) is 11.3 Å². The van der Waals surface area contributed by atoms with E-state index in [1.165, 1.54) is 12.1 Å². The van der Waals surface area contributed by atoms with Crippen LogP contribution in [0.1, 0.15) is 0 Å². The van der Waals surface area contributed by atoms with Crippen LogP contribution in [0.15, 0.2) is 71.3 Å². The van der Waals surface area contributed by atoms with Crippen LogP contribution in [0.25, 0.3) is 22.0 Å². The maximum Gasteiger partial charge on any atom is 0.573 e. The Bertz CT molecular complexity index is 1220. The van der Waals surface area contributed by atoms with Gasteiger partial charge >= 0.3 is 12.4 Å². The van der Waals surface area contributed by atoms with Crippen LogP contribution >= 0.6 is 0 Å². The van der Waals surface area contributed by atoms with Gasteiger partial charge in [-0.05, 0) is 53.6 Å². The Morgan fingerprint density at radius 2 is 1.55 bits per heavy atom. The number of nitrogen functional groups attached to an aromatic ring is 1. The number of carbonyl (C=O) groups excluding carboxylic acids is 1. The predicted octanol–water partition coefficient (Wildman–Crippen LogP) is 5.62. The van der Waals surface area contributed by atoms with Crippen molar-refractivity contribution in [1.29, 1.82) is 0 Å². The van der Waals surface area contributed by atoms with Crippen molar-refractivity contribution in [3.63, 3.8) is 0 Å². The molecular weight excluding hydrogens is 413 g/mol. The van der Waals surface area contributed by atoms with Gasteiger partial charge in [-0.15, -0.1) is 13.2 Å². The molecule has 1 heterocycles. The summed E-state index contributed by atoms with van der Waals surface area (Å²) in [7, 11) is 0. The number of rotatable bonds is 4. The molecule has 4 aromatic rings.